The molecule has 4 rings (SSSR count). The Hall–Kier alpha value is -4.74. The summed E-state index contributed by atoms with van der Waals surface area (Å²) in [6.45, 7) is 2.24. The minimum atomic E-state index is -4.69. The molecule has 232 valence electrons. The zero-order valence-corrected chi connectivity index (χ0v) is 25.4. The maximum Gasteiger partial charge on any atom is 0.418 e. The van der Waals surface area contributed by atoms with Gasteiger partial charge in [-0.15, -0.1) is 11.8 Å². The van der Waals surface area contributed by atoms with E-state index in [1.807, 2.05) is 6.92 Å². The summed E-state index contributed by atoms with van der Waals surface area (Å²) in [5, 5.41) is 7.61. The molecule has 0 aliphatic carbocycles. The predicted octanol–water partition coefficient (Wildman–Crippen LogP) is 7.90. The van der Waals surface area contributed by atoms with Crippen molar-refractivity contribution in [2.24, 2.45) is 0 Å². The van der Waals surface area contributed by atoms with Crippen LogP contribution in [0, 0.1) is 0 Å². The van der Waals surface area contributed by atoms with Crippen molar-refractivity contribution in [1.82, 2.24) is 5.32 Å². The number of rotatable bonds is 11. The van der Waals surface area contributed by atoms with E-state index in [0.29, 0.717) is 34.1 Å². The van der Waals surface area contributed by atoms with Gasteiger partial charge >= 0.3 is 6.18 Å². The second-order valence-electron chi connectivity index (χ2n) is 9.35. The average Bonchev–Trinajstić information content (AvgIpc) is 3.02. The van der Waals surface area contributed by atoms with Crippen molar-refractivity contribution < 1.29 is 32.3 Å². The summed E-state index contributed by atoms with van der Waals surface area (Å²) < 4.78 is 45.7. The van der Waals surface area contributed by atoms with Crippen molar-refractivity contribution in [2.75, 3.05) is 23.0 Å². The maximum absolute atomic E-state index is 13.4. The predicted molar refractivity (Wildman–Crippen MR) is 170 cm³/mol. The molecule has 45 heavy (non-hydrogen) atoms. The van der Waals surface area contributed by atoms with Crippen molar-refractivity contribution in [2.45, 2.75) is 18.0 Å². The number of anilines is 2. The van der Waals surface area contributed by atoms with Crippen LogP contribution in [0.5, 0.6) is 5.75 Å². The molecule has 0 radical (unpaired) electrons. The molecule has 0 fully saturated rings. The number of nitrogens with one attached hydrogen (secondary N) is 3. The van der Waals surface area contributed by atoms with E-state index in [-0.39, 0.29) is 22.2 Å². The van der Waals surface area contributed by atoms with Crippen LogP contribution in [0.25, 0.3) is 6.08 Å². The zero-order chi connectivity index (χ0) is 32.4. The maximum atomic E-state index is 13.4. The van der Waals surface area contributed by atoms with Gasteiger partial charge in [0, 0.05) is 26.7 Å². The number of thioether (sulfide) groups is 1. The van der Waals surface area contributed by atoms with Crippen LogP contribution in [0.15, 0.2) is 108 Å². The highest BCUT2D eigenvalue weighted by molar-refractivity contribution is 8.00. The molecule has 3 N–H and O–H groups in total. The fourth-order valence-electron chi connectivity index (χ4n) is 4.01. The Labute approximate surface area is 266 Å². The van der Waals surface area contributed by atoms with Crippen LogP contribution in [-0.4, -0.2) is 30.1 Å². The van der Waals surface area contributed by atoms with Gasteiger partial charge in [-0.1, -0.05) is 48.0 Å². The third-order valence-corrected chi connectivity index (χ3v) is 7.34. The number of hydrogen-bond acceptors (Lipinski definition) is 5. The number of hydrogen-bond donors (Lipinski definition) is 3. The quantitative estimate of drug-likeness (QED) is 0.113. The molecule has 0 saturated carbocycles. The molecule has 0 aliphatic heterocycles. The summed E-state index contributed by atoms with van der Waals surface area (Å²) in [4.78, 5) is 39.3. The normalized spacial score (nSPS) is 11.4. The van der Waals surface area contributed by atoms with E-state index in [1.165, 1.54) is 12.1 Å². The minimum absolute atomic E-state index is 0.0217. The summed E-state index contributed by atoms with van der Waals surface area (Å²) >= 11 is 6.79. The number of ether oxygens (including phenoxy) is 1. The number of halogens is 4. The summed E-state index contributed by atoms with van der Waals surface area (Å²) in [6, 6.07) is 25.2. The Balaban J connectivity index is 1.44. The molecule has 0 heterocycles. The molecule has 0 aromatic heterocycles. The van der Waals surface area contributed by atoms with Gasteiger partial charge in [0.2, 0.25) is 5.91 Å². The summed E-state index contributed by atoms with van der Waals surface area (Å²) in [7, 11) is 0. The lowest BCUT2D eigenvalue weighted by atomic mass is 10.1. The first-order valence-corrected chi connectivity index (χ1v) is 14.9. The number of para-hydroxylation sites is 1. The van der Waals surface area contributed by atoms with Gasteiger partial charge in [0.25, 0.3) is 11.8 Å². The van der Waals surface area contributed by atoms with Gasteiger partial charge in [0.15, 0.2) is 0 Å². The Morgan fingerprint density at radius 1 is 0.889 bits per heavy atom. The van der Waals surface area contributed by atoms with E-state index in [0.717, 1.165) is 23.9 Å². The molecule has 4 aromatic rings. The highest BCUT2D eigenvalue weighted by Crippen LogP contribution is 2.36. The number of carbonyl (C=O) groups is 3. The molecule has 0 aliphatic rings. The van der Waals surface area contributed by atoms with Crippen LogP contribution in [0.2, 0.25) is 5.02 Å². The first kappa shape index (κ1) is 33.2. The minimum Gasteiger partial charge on any atom is -0.493 e. The van der Waals surface area contributed by atoms with E-state index in [2.05, 4.69) is 16.0 Å². The molecule has 0 spiro atoms. The van der Waals surface area contributed by atoms with Gasteiger partial charge in [-0.25, -0.2) is 0 Å². The standard InChI is InChI=1S/C33H27ClF3N3O4S/c1-2-44-29-11-7-6-10-22(29)18-28(40-31(42)21-8-4-3-5-9-21)32(43)38-24-13-15-25(16-14-24)45-20-30(41)39-27-17-12-23(34)19-26(27)33(35,36)37/h3-19H,2,20H2,1H3,(H,38,43)(H,39,41)(H,40,42)/b28-18-. The van der Waals surface area contributed by atoms with Crippen LogP contribution in [-0.2, 0) is 15.8 Å². The van der Waals surface area contributed by atoms with E-state index in [1.54, 1.807) is 78.9 Å². The van der Waals surface area contributed by atoms with Gasteiger partial charge in [0.1, 0.15) is 11.4 Å². The van der Waals surface area contributed by atoms with Crippen molar-refractivity contribution >= 4 is 58.5 Å². The van der Waals surface area contributed by atoms with Gasteiger partial charge in [0.05, 0.1) is 23.6 Å². The van der Waals surface area contributed by atoms with Gasteiger partial charge in [-0.2, -0.15) is 13.2 Å². The van der Waals surface area contributed by atoms with Crippen LogP contribution in [0.1, 0.15) is 28.4 Å². The average molecular weight is 654 g/mol. The number of amides is 3. The highest BCUT2D eigenvalue weighted by atomic mass is 35.5. The van der Waals surface area contributed by atoms with E-state index < -0.39 is 29.5 Å². The molecule has 7 nitrogen and oxygen atoms in total. The van der Waals surface area contributed by atoms with Crippen molar-refractivity contribution in [3.63, 3.8) is 0 Å². The zero-order valence-electron chi connectivity index (χ0n) is 23.8. The molecular formula is C33H27ClF3N3O4S. The molecule has 3 amide bonds. The number of alkyl halides is 3. The largest absolute Gasteiger partial charge is 0.493 e. The Bertz CT molecular complexity index is 1700. The molecule has 0 atom stereocenters. The lowest BCUT2D eigenvalue weighted by Crippen LogP contribution is -2.30. The monoisotopic (exact) mass is 653 g/mol. The topological polar surface area (TPSA) is 96.5 Å². The first-order valence-electron chi connectivity index (χ1n) is 13.5. The second-order valence-corrected chi connectivity index (χ2v) is 10.8. The molecule has 0 unspecified atom stereocenters. The number of carbonyl (C=O) groups excluding carboxylic acids is 3. The summed E-state index contributed by atoms with van der Waals surface area (Å²) in [5.74, 6) is -1.33. The van der Waals surface area contributed by atoms with Crippen LogP contribution < -0.4 is 20.7 Å². The molecule has 4 aromatic carbocycles. The van der Waals surface area contributed by atoms with Crippen molar-refractivity contribution in [3.05, 3.63) is 124 Å². The Morgan fingerprint density at radius 3 is 2.27 bits per heavy atom. The second kappa shape index (κ2) is 15.3. The third-order valence-electron chi connectivity index (χ3n) is 6.09. The lowest BCUT2D eigenvalue weighted by Gasteiger charge is -2.14. The van der Waals surface area contributed by atoms with Crippen LogP contribution >= 0.6 is 23.4 Å². The Morgan fingerprint density at radius 2 is 1.58 bits per heavy atom. The lowest BCUT2D eigenvalue weighted by molar-refractivity contribution is -0.137. The van der Waals surface area contributed by atoms with E-state index >= 15 is 0 Å². The van der Waals surface area contributed by atoms with Gasteiger partial charge < -0.3 is 20.7 Å². The summed E-state index contributed by atoms with van der Waals surface area (Å²) in [6.07, 6.45) is -3.16. The summed E-state index contributed by atoms with van der Waals surface area (Å²) in [5.41, 5.74) is -0.0885. The molecule has 12 heteroatoms. The van der Waals surface area contributed by atoms with Crippen LogP contribution in [0.3, 0.4) is 0 Å². The van der Waals surface area contributed by atoms with E-state index in [9.17, 15) is 27.6 Å². The smallest absolute Gasteiger partial charge is 0.418 e. The third kappa shape index (κ3) is 9.62. The molecule has 0 bridgehead atoms. The van der Waals surface area contributed by atoms with Gasteiger partial charge in [-0.3, -0.25) is 14.4 Å². The fraction of sp³-hybridized carbons (Fsp3) is 0.121. The van der Waals surface area contributed by atoms with Gasteiger partial charge in [-0.05, 0) is 73.7 Å². The molecular weight excluding hydrogens is 627 g/mol. The SMILES string of the molecule is CCOc1ccccc1/C=C(\NC(=O)c1ccccc1)C(=O)Nc1ccc(SCC(=O)Nc2ccc(Cl)cc2C(F)(F)F)cc1. The van der Waals surface area contributed by atoms with E-state index in [4.69, 9.17) is 16.3 Å². The highest BCUT2D eigenvalue weighted by Gasteiger charge is 2.34. The van der Waals surface area contributed by atoms with Crippen molar-refractivity contribution in [3.8, 4) is 5.75 Å². The first-order chi connectivity index (χ1) is 21.5. The Kier molecular flexibility index (Phi) is 11.3. The van der Waals surface area contributed by atoms with Crippen molar-refractivity contribution in [1.29, 1.82) is 0 Å². The fourth-order valence-corrected chi connectivity index (χ4v) is 4.88. The molecule has 0 saturated heterocycles. The number of benzene rings is 4. The van der Waals surface area contributed by atoms with Crippen LogP contribution in [0.4, 0.5) is 24.5 Å².